The van der Waals surface area contributed by atoms with Gasteiger partial charge in [-0.3, -0.25) is 5.32 Å². The molecule has 0 unspecified atom stereocenters. The topological polar surface area (TPSA) is 105 Å². The Labute approximate surface area is 176 Å². The molecule has 0 heterocycles. The Balaban J connectivity index is 2.06. The number of carbonyl (C=O) groups excluding carboxylic acids is 1. The summed E-state index contributed by atoms with van der Waals surface area (Å²) in [5.74, 6) is -0.422. The molecule has 0 radical (unpaired) electrons. The number of carbonyl (C=O) groups is 2. The van der Waals surface area contributed by atoms with E-state index >= 15 is 0 Å². The van der Waals surface area contributed by atoms with Crippen molar-refractivity contribution in [1.82, 2.24) is 0 Å². The molecular weight excluding hydrogens is 386 g/mol. The van der Waals surface area contributed by atoms with E-state index in [1.54, 1.807) is 36.4 Å². The van der Waals surface area contributed by atoms with Crippen molar-refractivity contribution in [2.75, 3.05) is 18.5 Å². The molecule has 1 amide bonds. The van der Waals surface area contributed by atoms with Crippen LogP contribution in [0.25, 0.3) is 0 Å². The Hall–Kier alpha value is -3.32. The van der Waals surface area contributed by atoms with Crippen LogP contribution < -0.4 is 10.1 Å². The lowest BCUT2D eigenvalue weighted by Crippen LogP contribution is -2.18. The molecule has 2 rings (SSSR count). The molecule has 1 atom stereocenters. The van der Waals surface area contributed by atoms with E-state index < -0.39 is 18.2 Å². The van der Waals surface area contributed by atoms with E-state index in [0.29, 0.717) is 30.7 Å². The van der Waals surface area contributed by atoms with Gasteiger partial charge in [-0.15, -0.1) is 0 Å². The molecule has 0 aliphatic heterocycles. The van der Waals surface area contributed by atoms with Gasteiger partial charge in [0, 0.05) is 11.8 Å². The Kier molecular flexibility index (Phi) is 9.40. The Morgan fingerprint density at radius 3 is 2.63 bits per heavy atom. The first-order valence-corrected chi connectivity index (χ1v) is 9.75. The number of nitrogens with one attached hydrogen (secondary N) is 1. The van der Waals surface area contributed by atoms with Crippen LogP contribution in [0.4, 0.5) is 10.5 Å². The quantitative estimate of drug-likeness (QED) is 0.371. The minimum atomic E-state index is -0.992. The van der Waals surface area contributed by atoms with Crippen LogP contribution in [0, 0.1) is 6.92 Å². The summed E-state index contributed by atoms with van der Waals surface area (Å²) in [7, 11) is 0. The van der Waals surface area contributed by atoms with E-state index in [9.17, 15) is 9.59 Å². The summed E-state index contributed by atoms with van der Waals surface area (Å²) in [5.41, 5.74) is 2.47. The molecule has 0 aliphatic rings. The summed E-state index contributed by atoms with van der Waals surface area (Å²) in [6, 6.07) is 14.5. The number of ether oxygens (including phenoxy) is 2. The molecule has 7 heteroatoms. The van der Waals surface area contributed by atoms with Crippen LogP contribution in [0.3, 0.4) is 0 Å². The predicted octanol–water partition coefficient (Wildman–Crippen LogP) is 4.47. The van der Waals surface area contributed by atoms with Gasteiger partial charge in [0.2, 0.25) is 0 Å². The number of benzene rings is 2. The van der Waals surface area contributed by atoms with Gasteiger partial charge < -0.3 is 19.7 Å². The van der Waals surface area contributed by atoms with Crippen LogP contribution in [0.15, 0.2) is 60.7 Å². The maximum atomic E-state index is 12.4. The molecule has 0 saturated carbocycles. The molecule has 30 heavy (non-hydrogen) atoms. The Morgan fingerprint density at radius 2 is 1.93 bits per heavy atom. The number of hydrogen-bond acceptors (Lipinski definition) is 5. The third-order valence-corrected chi connectivity index (χ3v) is 4.23. The fourth-order valence-electron chi connectivity index (χ4n) is 2.78. The highest BCUT2D eigenvalue weighted by molar-refractivity contribution is 5.84. The van der Waals surface area contributed by atoms with Crippen molar-refractivity contribution in [2.24, 2.45) is 0 Å². The third-order valence-electron chi connectivity index (χ3n) is 4.23. The Bertz CT molecular complexity index is 847. The number of unbranched alkanes of at least 4 members (excludes halogenated alkanes) is 1. The molecule has 0 fully saturated rings. The van der Waals surface area contributed by atoms with Crippen LogP contribution >= 0.6 is 0 Å². The van der Waals surface area contributed by atoms with Gasteiger partial charge in [-0.25, -0.2) is 9.59 Å². The van der Waals surface area contributed by atoms with Crippen LogP contribution in [-0.4, -0.2) is 35.5 Å². The molecule has 0 spiro atoms. The van der Waals surface area contributed by atoms with Gasteiger partial charge in [0.05, 0.1) is 6.61 Å². The number of aliphatic hydroxyl groups excluding tert-OH is 1. The minimum Gasteiger partial charge on any atom is -0.491 e. The summed E-state index contributed by atoms with van der Waals surface area (Å²) in [4.78, 5) is 23.0. The van der Waals surface area contributed by atoms with Gasteiger partial charge in [-0.05, 0) is 56.0 Å². The zero-order valence-corrected chi connectivity index (χ0v) is 16.9. The molecule has 0 aliphatic carbocycles. The molecule has 0 aromatic heterocycles. The van der Waals surface area contributed by atoms with Crippen LogP contribution in [0.1, 0.15) is 36.5 Å². The molecule has 7 nitrogen and oxygen atoms in total. The van der Waals surface area contributed by atoms with E-state index in [-0.39, 0.29) is 13.2 Å². The molecule has 160 valence electrons. The van der Waals surface area contributed by atoms with Crippen molar-refractivity contribution in [3.63, 3.8) is 0 Å². The van der Waals surface area contributed by atoms with E-state index in [0.717, 1.165) is 17.2 Å². The van der Waals surface area contributed by atoms with Gasteiger partial charge in [-0.1, -0.05) is 35.9 Å². The Morgan fingerprint density at radius 1 is 1.17 bits per heavy atom. The second-order valence-corrected chi connectivity index (χ2v) is 6.70. The van der Waals surface area contributed by atoms with E-state index in [1.807, 2.05) is 25.1 Å². The fraction of sp³-hybridized carbons (Fsp3) is 0.304. The molecule has 0 bridgehead atoms. The summed E-state index contributed by atoms with van der Waals surface area (Å²) in [6.45, 7) is 2.03. The lowest BCUT2D eigenvalue weighted by atomic mass is 10.0. The smallest absolute Gasteiger partial charge is 0.412 e. The number of rotatable bonds is 11. The van der Waals surface area contributed by atoms with Crippen LogP contribution in [0.2, 0.25) is 0 Å². The van der Waals surface area contributed by atoms with Gasteiger partial charge in [0.1, 0.15) is 18.5 Å². The largest absolute Gasteiger partial charge is 0.491 e. The summed E-state index contributed by atoms with van der Waals surface area (Å²) in [6.07, 6.45) is 3.25. The number of carboxylic acids is 1. The number of allylic oxidation sites excluding steroid dienone is 1. The van der Waals surface area contributed by atoms with Crippen LogP contribution in [-0.2, 0) is 9.53 Å². The fourth-order valence-corrected chi connectivity index (χ4v) is 2.78. The molecule has 2 aromatic carbocycles. The zero-order chi connectivity index (χ0) is 21.8. The highest BCUT2D eigenvalue weighted by Gasteiger charge is 2.17. The molecular formula is C23H27NO6. The van der Waals surface area contributed by atoms with Gasteiger partial charge in [0.25, 0.3) is 0 Å². The van der Waals surface area contributed by atoms with Gasteiger partial charge in [0.15, 0.2) is 0 Å². The van der Waals surface area contributed by atoms with Gasteiger partial charge in [-0.2, -0.15) is 0 Å². The number of amides is 1. The normalized spacial score (nSPS) is 11.8. The summed E-state index contributed by atoms with van der Waals surface area (Å²) < 4.78 is 11.1. The maximum absolute atomic E-state index is 12.4. The van der Waals surface area contributed by atoms with Crippen LogP contribution in [0.5, 0.6) is 5.75 Å². The maximum Gasteiger partial charge on any atom is 0.412 e. The SMILES string of the molecule is Cc1ccc(NC(=O)O[C@@H](CCC/C=C/C(=O)O)c2cccc(OCCO)c2)cc1. The second kappa shape index (κ2) is 12.3. The number of aryl methyl sites for hydroxylation is 1. The number of anilines is 1. The number of aliphatic hydroxyl groups is 1. The van der Waals surface area contributed by atoms with Crippen molar-refractivity contribution in [1.29, 1.82) is 0 Å². The zero-order valence-electron chi connectivity index (χ0n) is 16.9. The third kappa shape index (κ3) is 8.36. The first kappa shape index (κ1) is 23.0. The van der Waals surface area contributed by atoms with Crippen molar-refractivity contribution >= 4 is 17.7 Å². The number of aliphatic carboxylic acids is 1. The van der Waals surface area contributed by atoms with E-state index in [1.165, 1.54) is 0 Å². The van der Waals surface area contributed by atoms with Crippen molar-refractivity contribution in [3.8, 4) is 5.75 Å². The van der Waals surface area contributed by atoms with Crippen molar-refractivity contribution in [2.45, 2.75) is 32.3 Å². The average Bonchev–Trinajstić information content (AvgIpc) is 2.73. The minimum absolute atomic E-state index is 0.0982. The number of hydrogen-bond donors (Lipinski definition) is 3. The average molecular weight is 413 g/mol. The predicted molar refractivity (Wildman–Crippen MR) is 114 cm³/mol. The van der Waals surface area contributed by atoms with Gasteiger partial charge >= 0.3 is 12.1 Å². The van der Waals surface area contributed by atoms with E-state index in [2.05, 4.69) is 5.32 Å². The molecule has 0 saturated heterocycles. The molecule has 2 aromatic rings. The number of carboxylic acid groups (broad SMARTS) is 1. The second-order valence-electron chi connectivity index (χ2n) is 6.70. The van der Waals surface area contributed by atoms with Crippen molar-refractivity contribution < 1.29 is 29.3 Å². The van der Waals surface area contributed by atoms with E-state index in [4.69, 9.17) is 19.7 Å². The molecule has 3 N–H and O–H groups in total. The standard InChI is InChI=1S/C23H27NO6/c1-17-10-12-19(13-11-17)24-23(28)30-21(8-3-2-4-9-22(26)27)18-6-5-7-20(16-18)29-15-14-25/h4-7,9-13,16,21,25H,2-3,8,14-15H2,1H3,(H,24,28)(H,26,27)/b9-4+/t21-/m0/s1. The first-order valence-electron chi connectivity index (χ1n) is 9.75. The highest BCUT2D eigenvalue weighted by atomic mass is 16.6. The van der Waals surface area contributed by atoms with Crippen molar-refractivity contribution in [3.05, 3.63) is 71.8 Å². The highest BCUT2D eigenvalue weighted by Crippen LogP contribution is 2.27. The lowest BCUT2D eigenvalue weighted by Gasteiger charge is -2.19. The first-order chi connectivity index (χ1) is 14.5. The summed E-state index contributed by atoms with van der Waals surface area (Å²) >= 11 is 0. The monoisotopic (exact) mass is 413 g/mol. The lowest BCUT2D eigenvalue weighted by molar-refractivity contribution is -0.131. The summed E-state index contributed by atoms with van der Waals surface area (Å²) in [5, 5.41) is 20.3.